The number of carbonyl (C=O) groups excluding carboxylic acids is 1. The Balaban J connectivity index is 2.30. The highest BCUT2D eigenvalue weighted by molar-refractivity contribution is 6.10. The molecule has 2 aromatic carbocycles. The Labute approximate surface area is 125 Å². The number of carbonyl (C=O) groups is 1. The molecule has 2 rings (SSSR count). The molecule has 0 aromatic heterocycles. The number of methoxy groups -OCH3 is 2. The van der Waals surface area contributed by atoms with Crippen LogP contribution in [0.4, 0.5) is 0 Å². The molecule has 0 saturated carbocycles. The van der Waals surface area contributed by atoms with Gasteiger partial charge in [0.15, 0.2) is 5.78 Å². The minimum Gasteiger partial charge on any atom is -0.497 e. The quantitative estimate of drug-likeness (QED) is 0.755. The summed E-state index contributed by atoms with van der Waals surface area (Å²) in [6.07, 6.45) is 2.12. The van der Waals surface area contributed by atoms with Gasteiger partial charge in [0.2, 0.25) is 0 Å². The molecule has 3 heteroatoms. The van der Waals surface area contributed by atoms with Crippen LogP contribution in [0.25, 0.3) is 0 Å². The highest BCUT2D eigenvalue weighted by atomic mass is 16.5. The van der Waals surface area contributed by atoms with E-state index >= 15 is 0 Å². The second-order valence-electron chi connectivity index (χ2n) is 4.84. The van der Waals surface area contributed by atoms with Crippen molar-refractivity contribution in [3.8, 4) is 11.5 Å². The Morgan fingerprint density at radius 1 is 1.00 bits per heavy atom. The molecule has 0 amide bonds. The number of ether oxygens (including phenoxy) is 2. The van der Waals surface area contributed by atoms with Gasteiger partial charge in [-0.2, -0.15) is 0 Å². The van der Waals surface area contributed by atoms with Crippen molar-refractivity contribution in [3.05, 3.63) is 59.2 Å². The predicted octanol–water partition coefficient (Wildman–Crippen LogP) is 3.89. The van der Waals surface area contributed by atoms with Gasteiger partial charge in [-0.05, 0) is 24.1 Å². The summed E-state index contributed by atoms with van der Waals surface area (Å²) in [7, 11) is 3.14. The van der Waals surface area contributed by atoms with E-state index in [1.807, 2.05) is 24.3 Å². The van der Waals surface area contributed by atoms with Gasteiger partial charge in [0.05, 0.1) is 19.8 Å². The number of ketones is 1. The lowest BCUT2D eigenvalue weighted by molar-refractivity contribution is 0.103. The van der Waals surface area contributed by atoms with Gasteiger partial charge in [0.1, 0.15) is 11.5 Å². The Morgan fingerprint density at radius 2 is 1.71 bits per heavy atom. The Morgan fingerprint density at radius 3 is 2.29 bits per heavy atom. The molecular weight excluding hydrogens is 264 g/mol. The Hall–Kier alpha value is -2.29. The highest BCUT2D eigenvalue weighted by Crippen LogP contribution is 2.26. The van der Waals surface area contributed by atoms with Crippen LogP contribution in [0, 0.1) is 0 Å². The number of hydrogen-bond acceptors (Lipinski definition) is 3. The van der Waals surface area contributed by atoms with Crippen LogP contribution in [0.2, 0.25) is 0 Å². The summed E-state index contributed by atoms with van der Waals surface area (Å²) in [4.78, 5) is 12.6. The highest BCUT2D eigenvalue weighted by Gasteiger charge is 2.15. The van der Waals surface area contributed by atoms with Gasteiger partial charge in [-0.25, -0.2) is 0 Å². The van der Waals surface area contributed by atoms with Crippen LogP contribution in [-0.4, -0.2) is 20.0 Å². The molecule has 0 aliphatic heterocycles. The minimum atomic E-state index is -0.0439. The van der Waals surface area contributed by atoms with E-state index in [4.69, 9.17) is 9.47 Å². The van der Waals surface area contributed by atoms with Crippen LogP contribution in [0.5, 0.6) is 11.5 Å². The lowest BCUT2D eigenvalue weighted by Gasteiger charge is -2.10. The molecular formula is C18H20O3. The Kier molecular flexibility index (Phi) is 4.99. The van der Waals surface area contributed by atoms with Crippen LogP contribution in [0.3, 0.4) is 0 Å². The summed E-state index contributed by atoms with van der Waals surface area (Å²) in [6.45, 7) is 2.14. The molecule has 0 unspecified atom stereocenters. The van der Waals surface area contributed by atoms with Crippen molar-refractivity contribution in [2.24, 2.45) is 0 Å². The summed E-state index contributed by atoms with van der Waals surface area (Å²) in [6, 6.07) is 13.0. The smallest absolute Gasteiger partial charge is 0.196 e. The van der Waals surface area contributed by atoms with Crippen LogP contribution in [-0.2, 0) is 6.42 Å². The van der Waals surface area contributed by atoms with E-state index in [0.717, 1.165) is 12.8 Å². The molecule has 0 radical (unpaired) electrons. The molecule has 21 heavy (non-hydrogen) atoms. The van der Waals surface area contributed by atoms with E-state index in [2.05, 4.69) is 6.92 Å². The van der Waals surface area contributed by atoms with E-state index < -0.39 is 0 Å². The summed E-state index contributed by atoms with van der Waals surface area (Å²) >= 11 is 0. The topological polar surface area (TPSA) is 35.5 Å². The first-order chi connectivity index (χ1) is 10.2. The maximum atomic E-state index is 12.6. The van der Waals surface area contributed by atoms with Gasteiger partial charge in [-0.3, -0.25) is 4.79 Å². The van der Waals surface area contributed by atoms with Gasteiger partial charge < -0.3 is 9.47 Å². The maximum Gasteiger partial charge on any atom is 0.196 e. The molecule has 0 N–H and O–H groups in total. The number of rotatable bonds is 6. The summed E-state index contributed by atoms with van der Waals surface area (Å²) in [5.41, 5.74) is 2.45. The lowest BCUT2D eigenvalue weighted by atomic mass is 10.00. The van der Waals surface area contributed by atoms with E-state index in [9.17, 15) is 4.79 Å². The first-order valence-corrected chi connectivity index (χ1v) is 7.05. The van der Waals surface area contributed by atoms with E-state index in [1.54, 1.807) is 32.4 Å². The fourth-order valence-electron chi connectivity index (χ4n) is 2.25. The standard InChI is InChI=1S/C18H20O3/c1-4-5-13-6-8-14(9-7-13)18(19)16-11-10-15(20-2)12-17(16)21-3/h6-12H,4-5H2,1-3H3. The monoisotopic (exact) mass is 284 g/mol. The summed E-state index contributed by atoms with van der Waals surface area (Å²) < 4.78 is 10.4. The SMILES string of the molecule is CCCc1ccc(C(=O)c2ccc(OC)cc2OC)cc1. The van der Waals surface area contributed by atoms with Crippen molar-refractivity contribution >= 4 is 5.78 Å². The second kappa shape index (κ2) is 6.93. The van der Waals surface area contributed by atoms with Crippen molar-refractivity contribution in [1.29, 1.82) is 0 Å². The zero-order valence-corrected chi connectivity index (χ0v) is 12.7. The van der Waals surface area contributed by atoms with Gasteiger partial charge in [-0.15, -0.1) is 0 Å². The molecule has 0 bridgehead atoms. The fraction of sp³-hybridized carbons (Fsp3) is 0.278. The summed E-state index contributed by atoms with van der Waals surface area (Å²) in [5, 5.41) is 0. The second-order valence-corrected chi connectivity index (χ2v) is 4.84. The fourth-order valence-corrected chi connectivity index (χ4v) is 2.25. The molecule has 0 aliphatic rings. The predicted molar refractivity (Wildman–Crippen MR) is 83.4 cm³/mol. The van der Waals surface area contributed by atoms with Crippen LogP contribution < -0.4 is 9.47 Å². The molecule has 0 saturated heterocycles. The third kappa shape index (κ3) is 3.43. The molecule has 0 spiro atoms. The molecule has 0 aliphatic carbocycles. The molecule has 0 atom stereocenters. The molecule has 110 valence electrons. The average molecular weight is 284 g/mol. The van der Waals surface area contributed by atoms with E-state index in [0.29, 0.717) is 22.6 Å². The molecule has 0 fully saturated rings. The van der Waals surface area contributed by atoms with Crippen molar-refractivity contribution in [2.45, 2.75) is 19.8 Å². The molecule has 0 heterocycles. The summed E-state index contributed by atoms with van der Waals surface area (Å²) in [5.74, 6) is 1.15. The maximum absolute atomic E-state index is 12.6. The normalized spacial score (nSPS) is 10.2. The zero-order chi connectivity index (χ0) is 15.2. The van der Waals surface area contributed by atoms with Crippen molar-refractivity contribution in [1.82, 2.24) is 0 Å². The number of aryl methyl sites for hydroxylation is 1. The first-order valence-electron chi connectivity index (χ1n) is 7.05. The van der Waals surface area contributed by atoms with Crippen molar-refractivity contribution in [3.63, 3.8) is 0 Å². The van der Waals surface area contributed by atoms with Gasteiger partial charge in [-0.1, -0.05) is 37.6 Å². The third-order valence-corrected chi connectivity index (χ3v) is 3.41. The van der Waals surface area contributed by atoms with Crippen LogP contribution in [0.1, 0.15) is 34.8 Å². The van der Waals surface area contributed by atoms with Crippen molar-refractivity contribution < 1.29 is 14.3 Å². The van der Waals surface area contributed by atoms with Gasteiger partial charge in [0, 0.05) is 11.6 Å². The lowest BCUT2D eigenvalue weighted by Crippen LogP contribution is -2.04. The van der Waals surface area contributed by atoms with Crippen LogP contribution >= 0.6 is 0 Å². The van der Waals surface area contributed by atoms with Gasteiger partial charge in [0.25, 0.3) is 0 Å². The van der Waals surface area contributed by atoms with Crippen LogP contribution in [0.15, 0.2) is 42.5 Å². The van der Waals surface area contributed by atoms with E-state index in [-0.39, 0.29) is 5.78 Å². The van der Waals surface area contributed by atoms with Gasteiger partial charge >= 0.3 is 0 Å². The third-order valence-electron chi connectivity index (χ3n) is 3.41. The largest absolute Gasteiger partial charge is 0.497 e. The van der Waals surface area contributed by atoms with E-state index in [1.165, 1.54) is 5.56 Å². The Bertz CT molecular complexity index is 615. The molecule has 3 nitrogen and oxygen atoms in total. The molecule has 2 aromatic rings. The first kappa shape index (κ1) is 15.1. The number of benzene rings is 2. The zero-order valence-electron chi connectivity index (χ0n) is 12.7. The number of hydrogen-bond donors (Lipinski definition) is 0. The minimum absolute atomic E-state index is 0.0439. The van der Waals surface area contributed by atoms with Crippen molar-refractivity contribution in [2.75, 3.05) is 14.2 Å². The average Bonchev–Trinajstić information content (AvgIpc) is 2.54.